The molecule has 1 N–H and O–H groups in total. The number of aryl methyl sites for hydroxylation is 1. The van der Waals surface area contributed by atoms with Gasteiger partial charge in [0.15, 0.2) is 0 Å². The van der Waals surface area contributed by atoms with Crippen molar-refractivity contribution in [3.63, 3.8) is 0 Å². The average Bonchev–Trinajstić information content (AvgIpc) is 3.63. The van der Waals surface area contributed by atoms with Crippen molar-refractivity contribution in [1.82, 2.24) is 20.1 Å². The normalized spacial score (nSPS) is 13.3. The molecule has 34 heavy (non-hydrogen) atoms. The molecule has 0 saturated heterocycles. The first-order valence-corrected chi connectivity index (χ1v) is 11.0. The number of fused-ring (bicyclic) bond motifs is 1. The number of hydrogen-bond acceptors (Lipinski definition) is 4. The zero-order valence-electron chi connectivity index (χ0n) is 18.3. The van der Waals surface area contributed by atoms with Gasteiger partial charge < -0.3 is 9.88 Å². The maximum absolute atomic E-state index is 14.8. The molecule has 0 radical (unpaired) electrons. The molecule has 6 nitrogen and oxygen atoms in total. The van der Waals surface area contributed by atoms with Crippen LogP contribution >= 0.6 is 11.6 Å². The standard InChI is InChI=1S/C25H19ClF2N4O2/c1-12-17(7-13(9-21(12)28)24(33)30-16-4-5-16)18-8-14-11-29-31-22(23(14)32(2)25(18)34)19-10-15(27)3-6-20(19)26/h3,6-11,16H,4-5H2,1-2H3,(H,30,33). The van der Waals surface area contributed by atoms with E-state index in [1.165, 1.54) is 41.1 Å². The number of amides is 1. The predicted molar refractivity (Wildman–Crippen MR) is 126 cm³/mol. The molecule has 0 atom stereocenters. The Labute approximate surface area is 198 Å². The molecule has 0 aliphatic heterocycles. The van der Waals surface area contributed by atoms with Crippen LogP contribution in [0.4, 0.5) is 8.78 Å². The van der Waals surface area contributed by atoms with Crippen LogP contribution in [0.15, 0.2) is 47.4 Å². The van der Waals surface area contributed by atoms with Crippen LogP contribution in [0.3, 0.4) is 0 Å². The lowest BCUT2D eigenvalue weighted by Crippen LogP contribution is -2.26. The van der Waals surface area contributed by atoms with Gasteiger partial charge in [-0.05, 0) is 67.3 Å². The maximum Gasteiger partial charge on any atom is 0.258 e. The number of nitrogens with one attached hydrogen (secondary N) is 1. The van der Waals surface area contributed by atoms with Gasteiger partial charge in [-0.1, -0.05) is 11.6 Å². The summed E-state index contributed by atoms with van der Waals surface area (Å²) in [7, 11) is 1.54. The van der Waals surface area contributed by atoms with Gasteiger partial charge in [0.25, 0.3) is 11.5 Å². The van der Waals surface area contributed by atoms with E-state index in [4.69, 9.17) is 11.6 Å². The molecule has 2 aromatic heterocycles. The molecule has 1 aliphatic carbocycles. The number of pyridine rings is 1. The summed E-state index contributed by atoms with van der Waals surface area (Å²) in [6.45, 7) is 1.56. The van der Waals surface area contributed by atoms with Crippen molar-refractivity contribution in [3.8, 4) is 22.4 Å². The van der Waals surface area contributed by atoms with Crippen LogP contribution in [0.25, 0.3) is 33.3 Å². The second-order valence-corrected chi connectivity index (χ2v) is 8.83. The number of aromatic nitrogens is 3. The molecule has 0 bridgehead atoms. The fourth-order valence-electron chi connectivity index (χ4n) is 3.99. The summed E-state index contributed by atoms with van der Waals surface area (Å²) in [5.74, 6) is -1.47. The Morgan fingerprint density at radius 1 is 1.12 bits per heavy atom. The summed E-state index contributed by atoms with van der Waals surface area (Å²) in [6.07, 6.45) is 3.26. The second kappa shape index (κ2) is 8.29. The van der Waals surface area contributed by atoms with E-state index in [9.17, 15) is 18.4 Å². The molecule has 1 fully saturated rings. The Bertz CT molecular complexity index is 1550. The van der Waals surface area contributed by atoms with Crippen molar-refractivity contribution < 1.29 is 13.6 Å². The van der Waals surface area contributed by atoms with Crippen LogP contribution in [0, 0.1) is 18.6 Å². The SMILES string of the molecule is Cc1c(F)cc(C(=O)NC2CC2)cc1-c1cc2cnnc(-c3cc(F)ccc3Cl)c2n(C)c1=O. The van der Waals surface area contributed by atoms with E-state index in [2.05, 4.69) is 15.5 Å². The number of hydrogen-bond donors (Lipinski definition) is 1. The fraction of sp³-hybridized carbons (Fsp3) is 0.200. The van der Waals surface area contributed by atoms with E-state index >= 15 is 0 Å². The van der Waals surface area contributed by atoms with Crippen molar-refractivity contribution in [2.45, 2.75) is 25.8 Å². The van der Waals surface area contributed by atoms with Crippen LogP contribution in [0.1, 0.15) is 28.8 Å². The summed E-state index contributed by atoms with van der Waals surface area (Å²) < 4.78 is 30.1. The van der Waals surface area contributed by atoms with Gasteiger partial charge >= 0.3 is 0 Å². The van der Waals surface area contributed by atoms with Gasteiger partial charge in [-0.2, -0.15) is 5.10 Å². The first-order chi connectivity index (χ1) is 16.2. The molecule has 1 aliphatic rings. The quantitative estimate of drug-likeness (QED) is 0.455. The zero-order chi connectivity index (χ0) is 24.1. The van der Waals surface area contributed by atoms with E-state index in [1.807, 2.05) is 0 Å². The highest BCUT2D eigenvalue weighted by Crippen LogP contribution is 2.33. The minimum atomic E-state index is -0.583. The van der Waals surface area contributed by atoms with Gasteiger partial charge in [0.2, 0.25) is 0 Å². The minimum absolute atomic E-state index is 0.112. The summed E-state index contributed by atoms with van der Waals surface area (Å²) in [4.78, 5) is 26.0. The highest BCUT2D eigenvalue weighted by molar-refractivity contribution is 6.33. The molecule has 2 heterocycles. The monoisotopic (exact) mass is 480 g/mol. The lowest BCUT2D eigenvalue weighted by atomic mass is 9.96. The summed E-state index contributed by atoms with van der Waals surface area (Å²) in [6, 6.07) is 8.25. The number of carbonyl (C=O) groups excluding carboxylic acids is 1. The largest absolute Gasteiger partial charge is 0.349 e. The molecule has 0 unspecified atom stereocenters. The van der Waals surface area contributed by atoms with Crippen LogP contribution in [0.2, 0.25) is 5.02 Å². The van der Waals surface area contributed by atoms with E-state index in [-0.39, 0.29) is 39.4 Å². The Hall–Kier alpha value is -3.65. The Morgan fingerprint density at radius 2 is 1.88 bits per heavy atom. The molecular formula is C25H19ClF2N4O2. The molecule has 9 heteroatoms. The minimum Gasteiger partial charge on any atom is -0.349 e. The number of benzene rings is 2. The van der Waals surface area contributed by atoms with Crippen LogP contribution < -0.4 is 10.9 Å². The number of nitrogens with zero attached hydrogens (tertiary/aromatic N) is 3. The topological polar surface area (TPSA) is 76.9 Å². The molecular weight excluding hydrogens is 462 g/mol. The molecule has 172 valence electrons. The number of halogens is 3. The van der Waals surface area contributed by atoms with Gasteiger partial charge in [-0.15, -0.1) is 5.10 Å². The molecule has 4 aromatic rings. The third-order valence-corrected chi connectivity index (χ3v) is 6.34. The maximum atomic E-state index is 14.8. The summed E-state index contributed by atoms with van der Waals surface area (Å²) in [5, 5.41) is 11.7. The molecule has 0 spiro atoms. The number of rotatable bonds is 4. The van der Waals surface area contributed by atoms with Crippen molar-refractivity contribution in [3.05, 3.63) is 80.7 Å². The third-order valence-electron chi connectivity index (χ3n) is 6.02. The Morgan fingerprint density at radius 3 is 2.62 bits per heavy atom. The van der Waals surface area contributed by atoms with E-state index in [0.29, 0.717) is 22.0 Å². The first kappa shape index (κ1) is 22.2. The predicted octanol–water partition coefficient (Wildman–Crippen LogP) is 4.79. The van der Waals surface area contributed by atoms with E-state index in [1.54, 1.807) is 20.0 Å². The van der Waals surface area contributed by atoms with Gasteiger partial charge in [0, 0.05) is 35.2 Å². The highest BCUT2D eigenvalue weighted by Gasteiger charge is 2.25. The molecule has 1 saturated carbocycles. The molecule has 1 amide bonds. The molecule has 5 rings (SSSR count). The highest BCUT2D eigenvalue weighted by atomic mass is 35.5. The van der Waals surface area contributed by atoms with E-state index in [0.717, 1.165) is 12.8 Å². The van der Waals surface area contributed by atoms with Crippen molar-refractivity contribution >= 4 is 28.4 Å². The van der Waals surface area contributed by atoms with Gasteiger partial charge in [0.1, 0.15) is 17.3 Å². The van der Waals surface area contributed by atoms with Gasteiger partial charge in [-0.25, -0.2) is 8.78 Å². The molecule has 2 aromatic carbocycles. The smallest absolute Gasteiger partial charge is 0.258 e. The van der Waals surface area contributed by atoms with Crippen molar-refractivity contribution in [1.29, 1.82) is 0 Å². The summed E-state index contributed by atoms with van der Waals surface area (Å²) >= 11 is 6.27. The average molecular weight is 481 g/mol. The lowest BCUT2D eigenvalue weighted by Gasteiger charge is -2.15. The van der Waals surface area contributed by atoms with Crippen molar-refractivity contribution in [2.75, 3.05) is 0 Å². The lowest BCUT2D eigenvalue weighted by molar-refractivity contribution is 0.0950. The van der Waals surface area contributed by atoms with Gasteiger partial charge in [0.05, 0.1) is 16.7 Å². The van der Waals surface area contributed by atoms with Crippen molar-refractivity contribution in [2.24, 2.45) is 7.05 Å². The summed E-state index contributed by atoms with van der Waals surface area (Å²) in [5.41, 5.74) is 1.41. The third kappa shape index (κ3) is 3.84. The first-order valence-electron chi connectivity index (χ1n) is 10.7. The second-order valence-electron chi connectivity index (χ2n) is 8.42. The van der Waals surface area contributed by atoms with Crippen LogP contribution in [0.5, 0.6) is 0 Å². The Kier molecular flexibility index (Phi) is 5.40. The van der Waals surface area contributed by atoms with E-state index < -0.39 is 17.2 Å². The van der Waals surface area contributed by atoms with Crippen LogP contribution in [-0.2, 0) is 7.05 Å². The zero-order valence-corrected chi connectivity index (χ0v) is 19.1. The van der Waals surface area contributed by atoms with Gasteiger partial charge in [-0.3, -0.25) is 9.59 Å². The fourth-order valence-corrected chi connectivity index (χ4v) is 4.20. The van der Waals surface area contributed by atoms with Crippen LogP contribution in [-0.4, -0.2) is 26.7 Å². The Balaban J connectivity index is 1.72. The number of carbonyl (C=O) groups is 1.